The standard InChI is InChI=1S/C14H21N3O2.ClH/c1-10(2)13-4-3-11(7-14(13)17(18)19)8-16-6-5-12(15)9-16;/h3-4,7,10,12H,5-6,8-9,15H2,1-2H3;1H/t12-;/m1./s1. The van der Waals surface area contributed by atoms with Crippen LogP contribution in [0.2, 0.25) is 0 Å². The number of halogens is 1. The van der Waals surface area contributed by atoms with E-state index in [2.05, 4.69) is 4.90 Å². The second-order valence-electron chi connectivity index (χ2n) is 5.59. The van der Waals surface area contributed by atoms with Gasteiger partial charge >= 0.3 is 0 Å². The van der Waals surface area contributed by atoms with E-state index in [4.69, 9.17) is 5.73 Å². The van der Waals surface area contributed by atoms with E-state index in [9.17, 15) is 10.1 Å². The Morgan fingerprint density at radius 1 is 1.50 bits per heavy atom. The number of nitrogens with two attached hydrogens (primary N) is 1. The molecule has 0 aromatic heterocycles. The maximum absolute atomic E-state index is 11.1. The van der Waals surface area contributed by atoms with Gasteiger partial charge in [-0.1, -0.05) is 26.0 Å². The Kier molecular flexibility index (Phi) is 5.92. The van der Waals surface area contributed by atoms with Crippen LogP contribution in [0.3, 0.4) is 0 Å². The van der Waals surface area contributed by atoms with Crippen LogP contribution < -0.4 is 5.73 Å². The Balaban J connectivity index is 0.00000200. The quantitative estimate of drug-likeness (QED) is 0.685. The van der Waals surface area contributed by atoms with Crippen LogP contribution in [-0.2, 0) is 6.54 Å². The maximum Gasteiger partial charge on any atom is 0.273 e. The second-order valence-corrected chi connectivity index (χ2v) is 5.59. The molecule has 1 aliphatic rings. The second kappa shape index (κ2) is 7.02. The first-order valence-corrected chi connectivity index (χ1v) is 6.72. The van der Waals surface area contributed by atoms with Crippen molar-refractivity contribution in [2.24, 2.45) is 5.73 Å². The predicted molar refractivity (Wildman–Crippen MR) is 82.3 cm³/mol. The molecule has 112 valence electrons. The molecule has 5 nitrogen and oxygen atoms in total. The highest BCUT2D eigenvalue weighted by atomic mass is 35.5. The van der Waals surface area contributed by atoms with Crippen LogP contribution >= 0.6 is 12.4 Å². The molecule has 0 saturated carbocycles. The monoisotopic (exact) mass is 299 g/mol. The van der Waals surface area contributed by atoms with Gasteiger partial charge in [-0.05, 0) is 17.9 Å². The fourth-order valence-corrected chi connectivity index (χ4v) is 2.60. The molecular formula is C14H22ClN3O2. The molecule has 6 heteroatoms. The minimum Gasteiger partial charge on any atom is -0.326 e. The Morgan fingerprint density at radius 2 is 2.20 bits per heavy atom. The summed E-state index contributed by atoms with van der Waals surface area (Å²) in [6, 6.07) is 5.82. The van der Waals surface area contributed by atoms with Gasteiger partial charge in [0.2, 0.25) is 0 Å². The van der Waals surface area contributed by atoms with Crippen molar-refractivity contribution < 1.29 is 4.92 Å². The molecule has 0 radical (unpaired) electrons. The lowest BCUT2D eigenvalue weighted by Gasteiger charge is -2.16. The highest BCUT2D eigenvalue weighted by Gasteiger charge is 2.21. The summed E-state index contributed by atoms with van der Waals surface area (Å²) in [7, 11) is 0. The minimum atomic E-state index is -0.283. The molecule has 0 aliphatic carbocycles. The molecule has 1 atom stereocenters. The number of hydrogen-bond donors (Lipinski definition) is 1. The molecule has 20 heavy (non-hydrogen) atoms. The van der Waals surface area contributed by atoms with Crippen molar-refractivity contribution in [2.75, 3.05) is 13.1 Å². The molecule has 1 aromatic rings. The molecular weight excluding hydrogens is 278 g/mol. The van der Waals surface area contributed by atoms with Crippen LogP contribution in [0.25, 0.3) is 0 Å². The van der Waals surface area contributed by atoms with Gasteiger partial charge in [0.1, 0.15) is 0 Å². The van der Waals surface area contributed by atoms with E-state index in [1.807, 2.05) is 26.0 Å². The number of likely N-dealkylation sites (tertiary alicyclic amines) is 1. The van der Waals surface area contributed by atoms with Gasteiger partial charge < -0.3 is 5.73 Å². The molecule has 1 fully saturated rings. The number of nitrogens with zero attached hydrogens (tertiary/aromatic N) is 2. The van der Waals surface area contributed by atoms with Crippen LogP contribution in [0, 0.1) is 10.1 Å². The van der Waals surface area contributed by atoms with Gasteiger partial charge in [0.25, 0.3) is 5.69 Å². The third kappa shape index (κ3) is 3.91. The molecule has 1 saturated heterocycles. The van der Waals surface area contributed by atoms with Gasteiger partial charge in [-0.25, -0.2) is 0 Å². The van der Waals surface area contributed by atoms with E-state index < -0.39 is 0 Å². The molecule has 2 rings (SSSR count). The third-order valence-corrected chi connectivity index (χ3v) is 3.63. The summed E-state index contributed by atoms with van der Waals surface area (Å²) in [6.45, 7) is 6.54. The number of nitro groups is 1. The molecule has 0 unspecified atom stereocenters. The Hall–Kier alpha value is -1.17. The highest BCUT2D eigenvalue weighted by Crippen LogP contribution is 2.28. The first-order valence-electron chi connectivity index (χ1n) is 6.72. The zero-order chi connectivity index (χ0) is 14.0. The molecule has 1 heterocycles. The van der Waals surface area contributed by atoms with Crippen LogP contribution in [0.5, 0.6) is 0 Å². The molecule has 0 bridgehead atoms. The Morgan fingerprint density at radius 3 is 2.70 bits per heavy atom. The lowest BCUT2D eigenvalue weighted by Crippen LogP contribution is -2.26. The largest absolute Gasteiger partial charge is 0.326 e. The summed E-state index contributed by atoms with van der Waals surface area (Å²) >= 11 is 0. The van der Waals surface area contributed by atoms with E-state index >= 15 is 0 Å². The molecule has 0 amide bonds. The van der Waals surface area contributed by atoms with E-state index in [1.54, 1.807) is 6.07 Å². The topological polar surface area (TPSA) is 72.4 Å². The van der Waals surface area contributed by atoms with E-state index in [-0.39, 0.29) is 35.0 Å². The number of hydrogen-bond acceptors (Lipinski definition) is 4. The molecule has 1 aliphatic heterocycles. The smallest absolute Gasteiger partial charge is 0.273 e. The average molecular weight is 300 g/mol. The number of nitro benzene ring substituents is 1. The van der Waals surface area contributed by atoms with Crippen molar-refractivity contribution in [3.05, 3.63) is 39.4 Å². The fraction of sp³-hybridized carbons (Fsp3) is 0.571. The number of benzene rings is 1. The molecule has 2 N–H and O–H groups in total. The highest BCUT2D eigenvalue weighted by molar-refractivity contribution is 5.85. The van der Waals surface area contributed by atoms with Crippen LogP contribution in [-0.4, -0.2) is 29.0 Å². The SMILES string of the molecule is CC(C)c1ccc(CN2CC[C@@H](N)C2)cc1[N+](=O)[O-].Cl. The van der Waals surface area contributed by atoms with E-state index in [1.165, 1.54) is 0 Å². The van der Waals surface area contributed by atoms with Gasteiger partial charge in [-0.15, -0.1) is 12.4 Å². The summed E-state index contributed by atoms with van der Waals surface area (Å²) in [5.74, 6) is 0.162. The summed E-state index contributed by atoms with van der Waals surface area (Å²) in [6.07, 6.45) is 1.01. The first-order chi connectivity index (χ1) is 8.97. The maximum atomic E-state index is 11.1. The Bertz CT molecular complexity index is 479. The Labute approximate surface area is 125 Å². The van der Waals surface area contributed by atoms with Crippen LogP contribution in [0.1, 0.15) is 37.3 Å². The summed E-state index contributed by atoms with van der Waals surface area (Å²) in [5.41, 5.74) is 7.89. The van der Waals surface area contributed by atoms with E-state index in [0.29, 0.717) is 0 Å². The van der Waals surface area contributed by atoms with Gasteiger partial charge in [0, 0.05) is 37.3 Å². The predicted octanol–water partition coefficient (Wildman–Crippen LogP) is 2.67. The summed E-state index contributed by atoms with van der Waals surface area (Å²) in [5, 5.41) is 11.1. The van der Waals surface area contributed by atoms with Crippen molar-refractivity contribution in [1.82, 2.24) is 4.90 Å². The van der Waals surface area contributed by atoms with Gasteiger partial charge in [-0.3, -0.25) is 15.0 Å². The zero-order valence-corrected chi connectivity index (χ0v) is 12.7. The molecule has 1 aromatic carbocycles. The van der Waals surface area contributed by atoms with Gasteiger partial charge in [0.15, 0.2) is 0 Å². The van der Waals surface area contributed by atoms with E-state index in [0.717, 1.165) is 37.2 Å². The lowest BCUT2D eigenvalue weighted by molar-refractivity contribution is -0.385. The van der Waals surface area contributed by atoms with Crippen molar-refractivity contribution in [3.63, 3.8) is 0 Å². The zero-order valence-electron chi connectivity index (χ0n) is 11.9. The molecule has 0 spiro atoms. The first kappa shape index (κ1) is 16.9. The fourth-order valence-electron chi connectivity index (χ4n) is 2.60. The summed E-state index contributed by atoms with van der Waals surface area (Å²) < 4.78 is 0. The van der Waals surface area contributed by atoms with Crippen LogP contribution in [0.15, 0.2) is 18.2 Å². The van der Waals surface area contributed by atoms with Crippen molar-refractivity contribution in [1.29, 1.82) is 0 Å². The van der Waals surface area contributed by atoms with Crippen LogP contribution in [0.4, 0.5) is 5.69 Å². The van der Waals surface area contributed by atoms with Gasteiger partial charge in [-0.2, -0.15) is 0 Å². The van der Waals surface area contributed by atoms with Crippen molar-refractivity contribution in [3.8, 4) is 0 Å². The summed E-state index contributed by atoms with van der Waals surface area (Å²) in [4.78, 5) is 13.1. The average Bonchev–Trinajstić information content (AvgIpc) is 2.74. The van der Waals surface area contributed by atoms with Crippen molar-refractivity contribution >= 4 is 18.1 Å². The third-order valence-electron chi connectivity index (χ3n) is 3.63. The van der Waals surface area contributed by atoms with Gasteiger partial charge in [0.05, 0.1) is 4.92 Å². The minimum absolute atomic E-state index is 0. The number of rotatable bonds is 4. The lowest BCUT2D eigenvalue weighted by atomic mass is 9.99. The normalized spacial score (nSPS) is 19.1. The van der Waals surface area contributed by atoms with Crippen molar-refractivity contribution in [2.45, 2.75) is 38.8 Å².